The highest BCUT2D eigenvalue weighted by Crippen LogP contribution is 2.35. The first-order chi connectivity index (χ1) is 17.9. The van der Waals surface area contributed by atoms with Crippen LogP contribution in [0.4, 0.5) is 5.82 Å². The number of hydrogen-bond donors (Lipinski definition) is 2. The average molecular weight is 499 g/mol. The number of H-pyrrole nitrogens is 1. The third-order valence-corrected chi connectivity index (χ3v) is 6.55. The zero-order valence-electron chi connectivity index (χ0n) is 20.9. The molecule has 0 spiro atoms. The van der Waals surface area contributed by atoms with E-state index in [1.807, 2.05) is 95.3 Å². The van der Waals surface area contributed by atoms with Crippen LogP contribution in [0.25, 0.3) is 16.6 Å². The van der Waals surface area contributed by atoms with Crippen LogP contribution in [0.15, 0.2) is 77.7 Å². The Balaban J connectivity index is 1.44. The molecule has 0 bridgehead atoms. The van der Waals surface area contributed by atoms with E-state index in [-0.39, 0.29) is 23.2 Å². The molecule has 4 aromatic rings. The number of ether oxygens (including phenoxy) is 1. The third-order valence-electron chi connectivity index (χ3n) is 6.55. The number of benzene rings is 2. The van der Waals surface area contributed by atoms with Crippen LogP contribution in [0.1, 0.15) is 17.9 Å². The first-order valence-electron chi connectivity index (χ1n) is 12.2. The topological polar surface area (TPSA) is 109 Å². The van der Waals surface area contributed by atoms with Crippen LogP contribution in [0.2, 0.25) is 0 Å². The molecule has 37 heavy (non-hydrogen) atoms. The number of nitrogen functional groups attached to an aromatic ring is 1. The Hall–Kier alpha value is -4.37. The summed E-state index contributed by atoms with van der Waals surface area (Å²) < 4.78 is 7.81. The van der Waals surface area contributed by atoms with E-state index >= 15 is 0 Å². The summed E-state index contributed by atoms with van der Waals surface area (Å²) in [4.78, 5) is 29.4. The number of aromatic amines is 1. The number of hydrogen-bond acceptors (Lipinski definition) is 6. The summed E-state index contributed by atoms with van der Waals surface area (Å²) in [5.41, 5.74) is 8.22. The van der Waals surface area contributed by atoms with Gasteiger partial charge in [0.2, 0.25) is 5.91 Å². The lowest BCUT2D eigenvalue weighted by Crippen LogP contribution is -2.27. The Morgan fingerprint density at radius 2 is 1.89 bits per heavy atom. The molecule has 3 N–H and O–H groups in total. The number of rotatable bonds is 7. The lowest BCUT2D eigenvalue weighted by atomic mass is 9.99. The van der Waals surface area contributed by atoms with Crippen LogP contribution in [-0.2, 0) is 4.79 Å². The Morgan fingerprint density at radius 3 is 2.62 bits per heavy atom. The summed E-state index contributed by atoms with van der Waals surface area (Å²) in [6.07, 6.45) is 6.20. The van der Waals surface area contributed by atoms with E-state index in [1.54, 1.807) is 6.08 Å². The molecular weight excluding hydrogens is 468 g/mol. The molecule has 5 rings (SSSR count). The fourth-order valence-corrected chi connectivity index (χ4v) is 4.73. The number of amides is 1. The van der Waals surface area contributed by atoms with Crippen LogP contribution in [0.3, 0.4) is 0 Å². The lowest BCUT2D eigenvalue weighted by Gasteiger charge is -2.14. The smallest absolute Gasteiger partial charge is 0.274 e. The zero-order chi connectivity index (χ0) is 25.9. The predicted octanol–water partition coefficient (Wildman–Crippen LogP) is 3.52. The van der Waals surface area contributed by atoms with Crippen LogP contribution < -0.4 is 16.0 Å². The Morgan fingerprint density at radius 1 is 1.16 bits per heavy atom. The molecule has 1 amide bonds. The summed E-state index contributed by atoms with van der Waals surface area (Å²) >= 11 is 0. The van der Waals surface area contributed by atoms with Gasteiger partial charge < -0.3 is 24.8 Å². The molecule has 1 fully saturated rings. The third kappa shape index (κ3) is 5.12. The van der Waals surface area contributed by atoms with Crippen LogP contribution >= 0.6 is 0 Å². The molecule has 1 atom stereocenters. The number of aromatic nitrogens is 3. The number of para-hydroxylation sites is 1. The Bertz CT molecular complexity index is 1490. The van der Waals surface area contributed by atoms with Crippen LogP contribution in [-0.4, -0.2) is 64.2 Å². The Kier molecular flexibility index (Phi) is 6.78. The van der Waals surface area contributed by atoms with Crippen molar-refractivity contribution in [2.45, 2.75) is 12.3 Å². The molecule has 190 valence electrons. The fraction of sp³-hybridized carbons (Fsp3) is 0.250. The first-order valence-corrected chi connectivity index (χ1v) is 12.2. The number of likely N-dealkylation sites (N-methyl/N-ethyl adjacent to an activating group) is 1. The van der Waals surface area contributed by atoms with E-state index in [4.69, 9.17) is 10.5 Å². The monoisotopic (exact) mass is 498 g/mol. The molecule has 0 aliphatic carbocycles. The SMILES string of the molecule is CN(C)C/C=C/C(=O)N1CC[C@@H](c2cn(-c3ccc(Oc4ccccc4)cc3)c3c(N)n[nH]c(=O)c23)C1. The Labute approximate surface area is 214 Å². The molecule has 9 nitrogen and oxygen atoms in total. The highest BCUT2D eigenvalue weighted by molar-refractivity contribution is 5.93. The number of carbonyl (C=O) groups is 1. The standard InChI is InChI=1S/C28H30N6O3/c1-32(2)15-6-9-24(35)33-16-14-19(17-33)23-18-34(26-25(23)28(36)31-30-27(26)29)20-10-12-22(13-11-20)37-21-7-4-3-5-8-21/h3-13,18-19H,14-17H2,1-2H3,(H2,29,30)(H,31,36)/b9-6+/t19-/m1/s1. The maximum atomic E-state index is 12.9. The molecule has 1 aliphatic heterocycles. The minimum Gasteiger partial charge on any atom is -0.457 e. The second-order valence-corrected chi connectivity index (χ2v) is 9.46. The zero-order valence-corrected chi connectivity index (χ0v) is 20.9. The van der Waals surface area contributed by atoms with Gasteiger partial charge >= 0.3 is 0 Å². The molecule has 0 unspecified atom stereocenters. The second kappa shape index (κ2) is 10.3. The van der Waals surface area contributed by atoms with Gasteiger partial charge in [-0.3, -0.25) is 9.59 Å². The van der Waals surface area contributed by atoms with Gasteiger partial charge in [-0.15, -0.1) is 0 Å². The number of nitrogens with one attached hydrogen (secondary N) is 1. The predicted molar refractivity (Wildman–Crippen MR) is 144 cm³/mol. The normalized spacial score (nSPS) is 15.8. The molecular formula is C28H30N6O3. The van der Waals surface area contributed by atoms with Crippen molar-refractivity contribution in [3.63, 3.8) is 0 Å². The van der Waals surface area contributed by atoms with Crippen molar-refractivity contribution in [2.75, 3.05) is 39.5 Å². The molecule has 2 aromatic heterocycles. The van der Waals surface area contributed by atoms with Crippen molar-refractivity contribution in [2.24, 2.45) is 0 Å². The van der Waals surface area contributed by atoms with Gasteiger partial charge in [0.25, 0.3) is 5.56 Å². The van der Waals surface area contributed by atoms with Gasteiger partial charge in [-0.05, 0) is 62.5 Å². The quantitative estimate of drug-likeness (QED) is 0.378. The molecule has 1 aliphatic rings. The molecule has 9 heteroatoms. The van der Waals surface area contributed by atoms with Crippen molar-refractivity contribution < 1.29 is 9.53 Å². The minimum absolute atomic E-state index is 0.0125. The van der Waals surface area contributed by atoms with Gasteiger partial charge in [0.1, 0.15) is 17.0 Å². The van der Waals surface area contributed by atoms with Crippen molar-refractivity contribution in [1.29, 1.82) is 0 Å². The summed E-state index contributed by atoms with van der Waals surface area (Å²) in [6.45, 7) is 1.87. The average Bonchev–Trinajstić information content (AvgIpc) is 3.53. The summed E-state index contributed by atoms with van der Waals surface area (Å²) in [6, 6.07) is 17.2. The van der Waals surface area contributed by atoms with E-state index in [2.05, 4.69) is 10.2 Å². The molecule has 0 radical (unpaired) electrons. The first kappa shape index (κ1) is 24.3. The van der Waals surface area contributed by atoms with E-state index in [0.29, 0.717) is 36.3 Å². The van der Waals surface area contributed by atoms with Crippen LogP contribution in [0.5, 0.6) is 11.5 Å². The number of nitrogens with two attached hydrogens (primary N) is 1. The largest absolute Gasteiger partial charge is 0.457 e. The summed E-state index contributed by atoms with van der Waals surface area (Å²) in [5.74, 6) is 1.68. The van der Waals surface area contributed by atoms with E-state index < -0.39 is 0 Å². The maximum Gasteiger partial charge on any atom is 0.274 e. The van der Waals surface area contributed by atoms with E-state index in [9.17, 15) is 9.59 Å². The van der Waals surface area contributed by atoms with Gasteiger partial charge in [0, 0.05) is 43.5 Å². The lowest BCUT2D eigenvalue weighted by molar-refractivity contribution is -0.125. The van der Waals surface area contributed by atoms with E-state index in [0.717, 1.165) is 23.4 Å². The van der Waals surface area contributed by atoms with Gasteiger partial charge in [0.05, 0.1) is 5.39 Å². The fourth-order valence-electron chi connectivity index (χ4n) is 4.73. The highest BCUT2D eigenvalue weighted by atomic mass is 16.5. The molecule has 1 saturated heterocycles. The van der Waals surface area contributed by atoms with Crippen molar-refractivity contribution in [3.05, 3.63) is 88.9 Å². The molecule has 2 aromatic carbocycles. The molecule has 0 saturated carbocycles. The van der Waals surface area contributed by atoms with E-state index in [1.165, 1.54) is 0 Å². The summed E-state index contributed by atoms with van der Waals surface area (Å²) in [5, 5.41) is 7.05. The number of likely N-dealkylation sites (tertiary alicyclic amines) is 1. The van der Waals surface area contributed by atoms with Crippen molar-refractivity contribution in [1.82, 2.24) is 24.6 Å². The number of nitrogens with zero attached hydrogens (tertiary/aromatic N) is 4. The van der Waals surface area contributed by atoms with Gasteiger partial charge in [-0.25, -0.2) is 5.10 Å². The second-order valence-electron chi connectivity index (χ2n) is 9.46. The summed E-state index contributed by atoms with van der Waals surface area (Å²) in [7, 11) is 3.91. The van der Waals surface area contributed by atoms with Crippen LogP contribution in [0, 0.1) is 0 Å². The minimum atomic E-state index is -0.294. The van der Waals surface area contributed by atoms with Gasteiger partial charge in [0.15, 0.2) is 5.82 Å². The van der Waals surface area contributed by atoms with Crippen molar-refractivity contribution >= 4 is 22.6 Å². The number of carbonyl (C=O) groups excluding carboxylic acids is 1. The molecule has 3 heterocycles. The highest BCUT2D eigenvalue weighted by Gasteiger charge is 2.30. The maximum absolute atomic E-state index is 12.9. The van der Waals surface area contributed by atoms with Gasteiger partial charge in [-0.2, -0.15) is 5.10 Å². The van der Waals surface area contributed by atoms with Gasteiger partial charge in [-0.1, -0.05) is 24.3 Å². The number of fused-ring (bicyclic) bond motifs is 1. The number of anilines is 1. The van der Waals surface area contributed by atoms with Crippen molar-refractivity contribution in [3.8, 4) is 17.2 Å².